The minimum atomic E-state index is 0.831. The van der Waals surface area contributed by atoms with Crippen LogP contribution in [0.5, 0.6) is 0 Å². The van der Waals surface area contributed by atoms with E-state index in [4.69, 9.17) is 0 Å². The number of halogens is 2. The second-order valence-electron chi connectivity index (χ2n) is 4.31. The Kier molecular flexibility index (Phi) is 3.67. The molecule has 1 aromatic heterocycles. The molecule has 0 radical (unpaired) electrons. The van der Waals surface area contributed by atoms with E-state index in [1.807, 2.05) is 12.3 Å². The maximum atomic E-state index is 4.32. The average molecular weight is 334 g/mol. The summed E-state index contributed by atoms with van der Waals surface area (Å²) < 4.78 is 2.02. The normalized spacial score (nSPS) is 24.7. The monoisotopic (exact) mass is 332 g/mol. The lowest BCUT2D eigenvalue weighted by Gasteiger charge is -2.32. The van der Waals surface area contributed by atoms with Gasteiger partial charge in [-0.3, -0.25) is 0 Å². The molecule has 0 unspecified atom stereocenters. The number of anilines is 1. The summed E-state index contributed by atoms with van der Waals surface area (Å²) in [7, 11) is 0. The Bertz CT molecular complexity index is 348. The molecule has 0 aliphatic heterocycles. The van der Waals surface area contributed by atoms with E-state index in [-0.39, 0.29) is 0 Å². The number of hydrogen-bond donors (Lipinski definition) is 1. The van der Waals surface area contributed by atoms with Crippen molar-refractivity contribution in [2.45, 2.75) is 19.8 Å². The molecule has 4 heteroatoms. The summed E-state index contributed by atoms with van der Waals surface area (Å²) in [5.74, 6) is 2.69. The zero-order chi connectivity index (χ0) is 10.8. The summed E-state index contributed by atoms with van der Waals surface area (Å²) in [6.07, 6.45) is 4.51. The van der Waals surface area contributed by atoms with Gasteiger partial charge in [0.25, 0.3) is 0 Å². The molecule has 0 atom stereocenters. The first kappa shape index (κ1) is 11.4. The number of pyridine rings is 1. The van der Waals surface area contributed by atoms with Crippen molar-refractivity contribution in [3.63, 3.8) is 0 Å². The van der Waals surface area contributed by atoms with E-state index in [9.17, 15) is 0 Å². The molecule has 82 valence electrons. The quantitative estimate of drug-likeness (QED) is 0.902. The lowest BCUT2D eigenvalue weighted by atomic mass is 9.76. The lowest BCUT2D eigenvalue weighted by Crippen LogP contribution is -2.27. The van der Waals surface area contributed by atoms with Gasteiger partial charge in [0.15, 0.2) is 0 Å². The van der Waals surface area contributed by atoms with E-state index in [0.717, 1.165) is 33.1 Å². The summed E-state index contributed by atoms with van der Waals surface area (Å²) in [4.78, 5) is 4.32. The fraction of sp³-hybridized carbons (Fsp3) is 0.545. The zero-order valence-corrected chi connectivity index (χ0v) is 11.8. The second-order valence-corrected chi connectivity index (χ2v) is 6.08. The maximum Gasteiger partial charge on any atom is 0.140 e. The van der Waals surface area contributed by atoms with Gasteiger partial charge in [-0.2, -0.15) is 0 Å². The molecule has 1 aliphatic carbocycles. The molecular weight excluding hydrogens is 320 g/mol. The van der Waals surface area contributed by atoms with Crippen molar-refractivity contribution < 1.29 is 0 Å². The van der Waals surface area contributed by atoms with Crippen molar-refractivity contribution in [1.82, 2.24) is 4.98 Å². The molecule has 1 fully saturated rings. The Hall–Kier alpha value is -0.0900. The van der Waals surface area contributed by atoms with Crippen LogP contribution >= 0.6 is 31.9 Å². The number of nitrogens with zero attached hydrogens (tertiary/aromatic N) is 1. The van der Waals surface area contributed by atoms with Crippen molar-refractivity contribution in [2.24, 2.45) is 11.8 Å². The summed E-state index contributed by atoms with van der Waals surface area (Å²) in [5.41, 5.74) is 0. The SMILES string of the molecule is CC1CC(CNc2ncc(Br)cc2Br)C1. The summed E-state index contributed by atoms with van der Waals surface area (Å²) in [5, 5.41) is 3.38. The van der Waals surface area contributed by atoms with Gasteiger partial charge in [-0.25, -0.2) is 4.98 Å². The number of hydrogen-bond acceptors (Lipinski definition) is 2. The first-order chi connectivity index (χ1) is 7.15. The molecule has 1 aromatic rings. The van der Waals surface area contributed by atoms with Gasteiger partial charge in [0, 0.05) is 17.2 Å². The van der Waals surface area contributed by atoms with Gasteiger partial charge in [0.05, 0.1) is 4.47 Å². The van der Waals surface area contributed by atoms with Crippen LogP contribution in [0.1, 0.15) is 19.8 Å². The second kappa shape index (κ2) is 4.83. The van der Waals surface area contributed by atoms with E-state index in [0.29, 0.717) is 0 Å². The van der Waals surface area contributed by atoms with E-state index < -0.39 is 0 Å². The van der Waals surface area contributed by atoms with Crippen molar-refractivity contribution in [2.75, 3.05) is 11.9 Å². The third-order valence-electron chi connectivity index (χ3n) is 2.84. The molecule has 15 heavy (non-hydrogen) atoms. The Morgan fingerprint density at radius 2 is 2.20 bits per heavy atom. The van der Waals surface area contributed by atoms with Crippen LogP contribution in [-0.2, 0) is 0 Å². The molecule has 1 aliphatic rings. The molecule has 2 nitrogen and oxygen atoms in total. The Labute approximate surface area is 107 Å². The summed E-state index contributed by atoms with van der Waals surface area (Å²) in [6, 6.07) is 2.01. The Balaban J connectivity index is 1.88. The number of rotatable bonds is 3. The molecular formula is C11H14Br2N2. The van der Waals surface area contributed by atoms with Gasteiger partial charge in [-0.15, -0.1) is 0 Å². The average Bonchev–Trinajstić information content (AvgIpc) is 2.13. The molecule has 0 aromatic carbocycles. The predicted octanol–water partition coefficient (Wildman–Crippen LogP) is 4.06. The predicted molar refractivity (Wildman–Crippen MR) is 70.0 cm³/mol. The van der Waals surface area contributed by atoms with Gasteiger partial charge in [0.1, 0.15) is 5.82 Å². The molecule has 1 saturated carbocycles. The van der Waals surface area contributed by atoms with Crippen LogP contribution in [0.4, 0.5) is 5.82 Å². The fourth-order valence-electron chi connectivity index (χ4n) is 2.02. The standard InChI is InChI=1S/C11H14Br2N2/c1-7-2-8(3-7)5-14-11-10(13)4-9(12)6-15-11/h4,6-8H,2-3,5H2,1H3,(H,14,15). The smallest absolute Gasteiger partial charge is 0.140 e. The third-order valence-corrected chi connectivity index (χ3v) is 3.88. The van der Waals surface area contributed by atoms with Crippen LogP contribution in [-0.4, -0.2) is 11.5 Å². The van der Waals surface area contributed by atoms with E-state index in [1.54, 1.807) is 0 Å². The minimum absolute atomic E-state index is 0.831. The van der Waals surface area contributed by atoms with Crippen LogP contribution < -0.4 is 5.32 Å². The lowest BCUT2D eigenvalue weighted by molar-refractivity contribution is 0.225. The highest BCUT2D eigenvalue weighted by Gasteiger charge is 2.24. The van der Waals surface area contributed by atoms with Crippen LogP contribution in [0.25, 0.3) is 0 Å². The first-order valence-corrected chi connectivity index (χ1v) is 6.78. The van der Waals surface area contributed by atoms with Gasteiger partial charge >= 0.3 is 0 Å². The highest BCUT2D eigenvalue weighted by Crippen LogP contribution is 2.33. The largest absolute Gasteiger partial charge is 0.369 e. The topological polar surface area (TPSA) is 24.9 Å². The van der Waals surface area contributed by atoms with E-state index in [1.165, 1.54) is 12.8 Å². The summed E-state index contributed by atoms with van der Waals surface area (Å²) >= 11 is 6.88. The Morgan fingerprint density at radius 1 is 1.47 bits per heavy atom. The molecule has 0 spiro atoms. The number of aromatic nitrogens is 1. The molecule has 0 bridgehead atoms. The minimum Gasteiger partial charge on any atom is -0.369 e. The van der Waals surface area contributed by atoms with E-state index >= 15 is 0 Å². The highest BCUT2D eigenvalue weighted by molar-refractivity contribution is 9.11. The van der Waals surface area contributed by atoms with Crippen molar-refractivity contribution >= 4 is 37.7 Å². The van der Waals surface area contributed by atoms with E-state index in [2.05, 4.69) is 49.1 Å². The van der Waals surface area contributed by atoms with Crippen molar-refractivity contribution in [3.05, 3.63) is 21.2 Å². The molecule has 2 rings (SSSR count). The van der Waals surface area contributed by atoms with Crippen LogP contribution in [0, 0.1) is 11.8 Å². The third kappa shape index (κ3) is 2.94. The van der Waals surface area contributed by atoms with Crippen LogP contribution in [0.3, 0.4) is 0 Å². The fourth-order valence-corrected chi connectivity index (χ4v) is 3.15. The van der Waals surface area contributed by atoms with Crippen molar-refractivity contribution in [3.8, 4) is 0 Å². The van der Waals surface area contributed by atoms with Gasteiger partial charge in [-0.1, -0.05) is 6.92 Å². The molecule has 0 amide bonds. The molecule has 0 saturated heterocycles. The van der Waals surface area contributed by atoms with Gasteiger partial charge in [-0.05, 0) is 62.6 Å². The summed E-state index contributed by atoms with van der Waals surface area (Å²) in [6.45, 7) is 3.35. The van der Waals surface area contributed by atoms with Crippen LogP contribution in [0.2, 0.25) is 0 Å². The number of nitrogens with one attached hydrogen (secondary N) is 1. The molecule has 1 heterocycles. The van der Waals surface area contributed by atoms with Crippen molar-refractivity contribution in [1.29, 1.82) is 0 Å². The maximum absolute atomic E-state index is 4.32. The van der Waals surface area contributed by atoms with Gasteiger partial charge in [0.2, 0.25) is 0 Å². The molecule has 1 N–H and O–H groups in total. The first-order valence-electron chi connectivity index (χ1n) is 5.20. The van der Waals surface area contributed by atoms with Gasteiger partial charge < -0.3 is 5.32 Å². The zero-order valence-electron chi connectivity index (χ0n) is 8.63. The van der Waals surface area contributed by atoms with Crippen LogP contribution in [0.15, 0.2) is 21.2 Å². The highest BCUT2D eigenvalue weighted by atomic mass is 79.9. The Morgan fingerprint density at radius 3 is 2.80 bits per heavy atom.